The standard InChI is InChI=1S/C14H15ClN2O3S/c1-2-17(10-11-4-3-5-12(15)8-11)21(19,20)13-6-7-14(18)16-9-13/h3-9H,2,10H2,1H3,(H,16,18). The minimum Gasteiger partial charge on any atom is -0.328 e. The molecule has 0 atom stereocenters. The van der Waals surface area contributed by atoms with Gasteiger partial charge in [-0.1, -0.05) is 30.7 Å². The predicted octanol–water partition coefficient (Wildman–Crippen LogP) is 2.24. The molecular weight excluding hydrogens is 312 g/mol. The Hall–Kier alpha value is -1.63. The molecule has 0 aliphatic rings. The van der Waals surface area contributed by atoms with E-state index in [1.807, 2.05) is 6.07 Å². The van der Waals surface area contributed by atoms with Gasteiger partial charge in [-0.2, -0.15) is 4.31 Å². The molecule has 21 heavy (non-hydrogen) atoms. The SMILES string of the molecule is CCN(Cc1cccc(Cl)c1)S(=O)(=O)c1ccc(=O)[nH]c1. The molecule has 1 heterocycles. The van der Waals surface area contributed by atoms with Gasteiger partial charge in [0.15, 0.2) is 0 Å². The second-order valence-corrected chi connectivity index (χ2v) is 6.82. The third-order valence-electron chi connectivity index (χ3n) is 2.99. The third kappa shape index (κ3) is 3.72. The number of pyridine rings is 1. The van der Waals surface area contributed by atoms with Gasteiger partial charge in [0, 0.05) is 30.4 Å². The van der Waals surface area contributed by atoms with Crippen LogP contribution in [-0.4, -0.2) is 24.3 Å². The number of hydrogen-bond donors (Lipinski definition) is 1. The molecule has 0 radical (unpaired) electrons. The average Bonchev–Trinajstić information content (AvgIpc) is 2.45. The van der Waals surface area contributed by atoms with E-state index in [2.05, 4.69) is 4.98 Å². The normalized spacial score (nSPS) is 11.8. The number of aromatic amines is 1. The van der Waals surface area contributed by atoms with E-state index >= 15 is 0 Å². The number of halogens is 1. The lowest BCUT2D eigenvalue weighted by Crippen LogP contribution is -2.30. The molecule has 0 unspecified atom stereocenters. The summed E-state index contributed by atoms with van der Waals surface area (Å²) in [5, 5.41) is 0.560. The maximum atomic E-state index is 12.5. The Labute approximate surface area is 128 Å². The van der Waals surface area contributed by atoms with Crippen LogP contribution in [0.15, 0.2) is 52.3 Å². The molecule has 0 bridgehead atoms. The van der Waals surface area contributed by atoms with Gasteiger partial charge >= 0.3 is 0 Å². The highest BCUT2D eigenvalue weighted by molar-refractivity contribution is 7.89. The molecular formula is C14H15ClN2O3S. The molecule has 1 aromatic carbocycles. The Bertz CT molecular complexity index is 766. The Morgan fingerprint density at radius 1 is 1.24 bits per heavy atom. The first kappa shape index (κ1) is 15.8. The van der Waals surface area contributed by atoms with Gasteiger partial charge in [0.1, 0.15) is 0 Å². The van der Waals surface area contributed by atoms with E-state index in [9.17, 15) is 13.2 Å². The lowest BCUT2D eigenvalue weighted by molar-refractivity contribution is 0.423. The number of hydrogen-bond acceptors (Lipinski definition) is 3. The second kappa shape index (κ2) is 6.43. The van der Waals surface area contributed by atoms with E-state index in [4.69, 9.17) is 11.6 Å². The summed E-state index contributed by atoms with van der Waals surface area (Å²) in [6, 6.07) is 9.55. The zero-order valence-corrected chi connectivity index (χ0v) is 13.0. The highest BCUT2D eigenvalue weighted by Gasteiger charge is 2.23. The molecule has 0 aliphatic carbocycles. The molecule has 0 amide bonds. The summed E-state index contributed by atoms with van der Waals surface area (Å²) in [6.07, 6.45) is 1.21. The van der Waals surface area contributed by atoms with Crippen molar-refractivity contribution in [1.82, 2.24) is 9.29 Å². The average molecular weight is 327 g/mol. The summed E-state index contributed by atoms with van der Waals surface area (Å²) in [4.78, 5) is 13.5. The number of H-pyrrole nitrogens is 1. The first-order valence-electron chi connectivity index (χ1n) is 6.37. The smallest absolute Gasteiger partial charge is 0.247 e. The molecule has 0 fully saturated rings. The Morgan fingerprint density at radius 2 is 2.00 bits per heavy atom. The van der Waals surface area contributed by atoms with Crippen molar-refractivity contribution in [2.45, 2.75) is 18.4 Å². The first-order chi connectivity index (χ1) is 9.93. The molecule has 1 N–H and O–H groups in total. The molecule has 7 heteroatoms. The van der Waals surface area contributed by atoms with Crippen molar-refractivity contribution in [3.8, 4) is 0 Å². The van der Waals surface area contributed by atoms with Gasteiger partial charge in [0.05, 0.1) is 4.90 Å². The maximum Gasteiger partial charge on any atom is 0.247 e. The van der Waals surface area contributed by atoms with Crippen LogP contribution < -0.4 is 5.56 Å². The van der Waals surface area contributed by atoms with Crippen molar-refractivity contribution in [2.75, 3.05) is 6.54 Å². The monoisotopic (exact) mass is 326 g/mol. The van der Waals surface area contributed by atoms with Crippen molar-refractivity contribution in [1.29, 1.82) is 0 Å². The van der Waals surface area contributed by atoms with Gasteiger partial charge in [-0.3, -0.25) is 4.79 Å². The second-order valence-electron chi connectivity index (χ2n) is 4.45. The Morgan fingerprint density at radius 3 is 2.57 bits per heavy atom. The van der Waals surface area contributed by atoms with Crippen molar-refractivity contribution < 1.29 is 8.42 Å². The summed E-state index contributed by atoms with van der Waals surface area (Å²) in [7, 11) is -3.66. The van der Waals surface area contributed by atoms with Crippen LogP contribution in [0, 0.1) is 0 Å². The van der Waals surface area contributed by atoms with E-state index in [0.29, 0.717) is 11.6 Å². The summed E-state index contributed by atoms with van der Waals surface area (Å²) >= 11 is 5.91. The first-order valence-corrected chi connectivity index (χ1v) is 8.18. The molecule has 1 aromatic heterocycles. The predicted molar refractivity (Wildman–Crippen MR) is 81.8 cm³/mol. The summed E-state index contributed by atoms with van der Waals surface area (Å²) in [5.41, 5.74) is 0.462. The van der Waals surface area contributed by atoms with Crippen molar-refractivity contribution >= 4 is 21.6 Å². The fraction of sp³-hybridized carbons (Fsp3) is 0.214. The number of rotatable bonds is 5. The number of sulfonamides is 1. The lowest BCUT2D eigenvalue weighted by atomic mass is 10.2. The van der Waals surface area contributed by atoms with Gasteiger partial charge in [0.25, 0.3) is 0 Å². The molecule has 5 nitrogen and oxygen atoms in total. The zero-order chi connectivity index (χ0) is 15.5. The minimum atomic E-state index is -3.66. The summed E-state index contributed by atoms with van der Waals surface area (Å²) in [6.45, 7) is 2.29. The van der Waals surface area contributed by atoms with Gasteiger partial charge in [-0.15, -0.1) is 0 Å². The van der Waals surface area contributed by atoms with E-state index in [-0.39, 0.29) is 17.0 Å². The molecule has 0 saturated heterocycles. The topological polar surface area (TPSA) is 70.2 Å². The summed E-state index contributed by atoms with van der Waals surface area (Å²) < 4.78 is 26.4. The number of benzene rings is 1. The van der Waals surface area contributed by atoms with E-state index in [1.54, 1.807) is 25.1 Å². The van der Waals surface area contributed by atoms with E-state index in [0.717, 1.165) is 5.56 Å². The summed E-state index contributed by atoms with van der Waals surface area (Å²) in [5.74, 6) is 0. The quantitative estimate of drug-likeness (QED) is 0.916. The van der Waals surface area contributed by atoms with Crippen LogP contribution in [0.2, 0.25) is 5.02 Å². The molecule has 112 valence electrons. The van der Waals surface area contributed by atoms with Crippen molar-refractivity contribution in [3.05, 3.63) is 63.5 Å². The number of nitrogens with one attached hydrogen (secondary N) is 1. The zero-order valence-electron chi connectivity index (χ0n) is 11.4. The van der Waals surface area contributed by atoms with Crippen molar-refractivity contribution in [3.63, 3.8) is 0 Å². The molecule has 2 rings (SSSR count). The number of aromatic nitrogens is 1. The Balaban J connectivity index is 2.31. The molecule has 2 aromatic rings. The van der Waals surface area contributed by atoms with Crippen LogP contribution in [0.3, 0.4) is 0 Å². The fourth-order valence-corrected chi connectivity index (χ4v) is 3.53. The largest absolute Gasteiger partial charge is 0.328 e. The van der Waals surface area contributed by atoms with Crippen LogP contribution in [0.4, 0.5) is 0 Å². The lowest BCUT2D eigenvalue weighted by Gasteiger charge is -2.20. The third-order valence-corrected chi connectivity index (χ3v) is 5.15. The van der Waals surface area contributed by atoms with Crippen LogP contribution in [-0.2, 0) is 16.6 Å². The van der Waals surface area contributed by atoms with Crippen LogP contribution >= 0.6 is 11.6 Å². The van der Waals surface area contributed by atoms with E-state index in [1.165, 1.54) is 22.6 Å². The van der Waals surface area contributed by atoms with Crippen molar-refractivity contribution in [2.24, 2.45) is 0 Å². The highest BCUT2D eigenvalue weighted by Crippen LogP contribution is 2.18. The van der Waals surface area contributed by atoms with Gasteiger partial charge in [0.2, 0.25) is 15.6 Å². The van der Waals surface area contributed by atoms with Gasteiger partial charge in [-0.25, -0.2) is 8.42 Å². The molecule has 0 saturated carbocycles. The molecule has 0 spiro atoms. The van der Waals surface area contributed by atoms with Gasteiger partial charge in [-0.05, 0) is 23.8 Å². The van der Waals surface area contributed by atoms with Crippen LogP contribution in [0.25, 0.3) is 0 Å². The maximum absolute atomic E-state index is 12.5. The fourth-order valence-electron chi connectivity index (χ4n) is 1.91. The van der Waals surface area contributed by atoms with E-state index < -0.39 is 10.0 Å². The molecule has 0 aliphatic heterocycles. The van der Waals surface area contributed by atoms with Crippen LogP contribution in [0.1, 0.15) is 12.5 Å². The minimum absolute atomic E-state index is 0.0611. The Kier molecular flexibility index (Phi) is 4.82. The van der Waals surface area contributed by atoms with Crippen LogP contribution in [0.5, 0.6) is 0 Å². The number of nitrogens with zero attached hydrogens (tertiary/aromatic N) is 1. The highest BCUT2D eigenvalue weighted by atomic mass is 35.5. The van der Waals surface area contributed by atoms with Gasteiger partial charge < -0.3 is 4.98 Å².